The van der Waals surface area contributed by atoms with Crippen molar-refractivity contribution >= 4 is 6.29 Å². The number of hydrogen-bond acceptors (Lipinski definition) is 5. The standard InChI is InChI=1S/C11H15NO4/c12-4-3-10(15)11(16)8-5-7(6-13)1-2-9(8)14/h1-2,5-6,10-11,14-16H,3-4,12H2. The highest BCUT2D eigenvalue weighted by molar-refractivity contribution is 5.75. The zero-order valence-corrected chi connectivity index (χ0v) is 8.71. The average Bonchev–Trinajstić information content (AvgIpc) is 2.29. The van der Waals surface area contributed by atoms with E-state index in [1.165, 1.54) is 18.2 Å². The first kappa shape index (κ1) is 12.6. The summed E-state index contributed by atoms with van der Waals surface area (Å²) in [6.45, 7) is 0.229. The van der Waals surface area contributed by atoms with Gasteiger partial charge in [-0.3, -0.25) is 4.79 Å². The molecule has 2 atom stereocenters. The van der Waals surface area contributed by atoms with Gasteiger partial charge in [0.05, 0.1) is 6.10 Å². The Bertz CT molecular complexity index is 367. The SMILES string of the molecule is NCCC(O)C(O)c1cc(C=O)ccc1O. The third kappa shape index (κ3) is 2.79. The second-order valence-electron chi connectivity index (χ2n) is 3.53. The van der Waals surface area contributed by atoms with E-state index in [9.17, 15) is 20.1 Å². The van der Waals surface area contributed by atoms with E-state index in [1.807, 2.05) is 0 Å². The second-order valence-corrected chi connectivity index (χ2v) is 3.53. The van der Waals surface area contributed by atoms with Gasteiger partial charge in [-0.05, 0) is 31.2 Å². The Labute approximate surface area is 93.1 Å². The zero-order valence-electron chi connectivity index (χ0n) is 8.71. The number of aliphatic hydroxyl groups is 2. The third-order valence-electron chi connectivity index (χ3n) is 2.33. The largest absolute Gasteiger partial charge is 0.508 e. The molecule has 5 nitrogen and oxygen atoms in total. The van der Waals surface area contributed by atoms with Gasteiger partial charge in [0.15, 0.2) is 0 Å². The summed E-state index contributed by atoms with van der Waals surface area (Å²) < 4.78 is 0. The van der Waals surface area contributed by atoms with Crippen LogP contribution in [-0.4, -0.2) is 34.3 Å². The van der Waals surface area contributed by atoms with Crippen LogP contribution < -0.4 is 5.73 Å². The topological polar surface area (TPSA) is 104 Å². The number of phenolic OH excluding ortho intramolecular Hbond substituents is 1. The molecule has 0 aromatic heterocycles. The molecule has 0 aliphatic rings. The lowest BCUT2D eigenvalue weighted by Crippen LogP contribution is -2.22. The summed E-state index contributed by atoms with van der Waals surface area (Å²) >= 11 is 0. The molecule has 0 fully saturated rings. The summed E-state index contributed by atoms with van der Waals surface area (Å²) in [5.41, 5.74) is 5.71. The van der Waals surface area contributed by atoms with E-state index in [0.717, 1.165) is 0 Å². The van der Waals surface area contributed by atoms with Crippen molar-refractivity contribution in [1.29, 1.82) is 0 Å². The van der Waals surface area contributed by atoms with Crippen molar-refractivity contribution in [2.45, 2.75) is 18.6 Å². The highest BCUT2D eigenvalue weighted by Crippen LogP contribution is 2.27. The van der Waals surface area contributed by atoms with Crippen molar-refractivity contribution < 1.29 is 20.1 Å². The predicted molar refractivity (Wildman–Crippen MR) is 58.1 cm³/mol. The Balaban J connectivity index is 2.97. The van der Waals surface area contributed by atoms with Crippen LogP contribution in [0.5, 0.6) is 5.75 Å². The Morgan fingerprint density at radius 2 is 2.06 bits per heavy atom. The minimum Gasteiger partial charge on any atom is -0.508 e. The van der Waals surface area contributed by atoms with E-state index in [2.05, 4.69) is 0 Å². The molecular formula is C11H15NO4. The van der Waals surface area contributed by atoms with Crippen LogP contribution in [0.3, 0.4) is 0 Å². The molecule has 5 heteroatoms. The minimum absolute atomic E-state index is 0.130. The fourth-order valence-electron chi connectivity index (χ4n) is 1.42. The molecule has 0 aliphatic heterocycles. The molecule has 2 unspecified atom stereocenters. The normalized spacial score (nSPS) is 14.4. The average molecular weight is 225 g/mol. The molecule has 0 amide bonds. The van der Waals surface area contributed by atoms with Gasteiger partial charge < -0.3 is 21.1 Å². The van der Waals surface area contributed by atoms with Crippen LogP contribution in [0.25, 0.3) is 0 Å². The second kappa shape index (κ2) is 5.60. The van der Waals surface area contributed by atoms with E-state index in [-0.39, 0.29) is 24.3 Å². The molecule has 1 aromatic carbocycles. The molecule has 1 aromatic rings. The predicted octanol–water partition coefficient (Wildman–Crippen LogP) is -0.0522. The van der Waals surface area contributed by atoms with Crippen molar-refractivity contribution in [3.8, 4) is 5.75 Å². The summed E-state index contributed by atoms with van der Waals surface area (Å²) in [6.07, 6.45) is -1.49. The minimum atomic E-state index is -1.25. The number of nitrogens with two attached hydrogens (primary N) is 1. The highest BCUT2D eigenvalue weighted by Gasteiger charge is 2.20. The van der Waals surface area contributed by atoms with Crippen LogP contribution in [-0.2, 0) is 0 Å². The van der Waals surface area contributed by atoms with E-state index in [4.69, 9.17) is 5.73 Å². The molecule has 0 bridgehead atoms. The van der Waals surface area contributed by atoms with Crippen LogP contribution in [0, 0.1) is 0 Å². The molecule has 0 heterocycles. The first-order valence-corrected chi connectivity index (χ1v) is 4.94. The fourth-order valence-corrected chi connectivity index (χ4v) is 1.42. The summed E-state index contributed by atoms with van der Waals surface area (Å²) in [7, 11) is 0. The highest BCUT2D eigenvalue weighted by atomic mass is 16.3. The van der Waals surface area contributed by atoms with Gasteiger partial charge >= 0.3 is 0 Å². The lowest BCUT2D eigenvalue weighted by Gasteiger charge is -2.18. The molecule has 0 spiro atoms. The Hall–Kier alpha value is -1.43. The Kier molecular flexibility index (Phi) is 4.42. The lowest BCUT2D eigenvalue weighted by molar-refractivity contribution is 0.0137. The van der Waals surface area contributed by atoms with Crippen LogP contribution >= 0.6 is 0 Å². The molecular weight excluding hydrogens is 210 g/mol. The van der Waals surface area contributed by atoms with Gasteiger partial charge in [0, 0.05) is 11.1 Å². The Morgan fingerprint density at radius 3 is 2.62 bits per heavy atom. The quantitative estimate of drug-likeness (QED) is 0.526. The van der Waals surface area contributed by atoms with Gasteiger partial charge in [0.1, 0.15) is 18.1 Å². The zero-order chi connectivity index (χ0) is 12.1. The van der Waals surface area contributed by atoms with Gasteiger partial charge in [-0.25, -0.2) is 0 Å². The maximum Gasteiger partial charge on any atom is 0.150 e. The molecule has 0 radical (unpaired) electrons. The molecule has 0 aliphatic carbocycles. The van der Waals surface area contributed by atoms with Crippen molar-refractivity contribution in [3.63, 3.8) is 0 Å². The van der Waals surface area contributed by atoms with Crippen molar-refractivity contribution in [2.24, 2.45) is 5.73 Å². The number of benzene rings is 1. The Morgan fingerprint density at radius 1 is 1.38 bits per heavy atom. The van der Waals surface area contributed by atoms with Crippen LogP contribution in [0.1, 0.15) is 28.4 Å². The van der Waals surface area contributed by atoms with Gasteiger partial charge in [0.25, 0.3) is 0 Å². The van der Waals surface area contributed by atoms with Gasteiger partial charge in [-0.15, -0.1) is 0 Å². The summed E-state index contributed by atoms with van der Waals surface area (Å²) in [5.74, 6) is -0.158. The lowest BCUT2D eigenvalue weighted by atomic mass is 9.99. The monoisotopic (exact) mass is 225 g/mol. The maximum absolute atomic E-state index is 10.5. The smallest absolute Gasteiger partial charge is 0.150 e. The van der Waals surface area contributed by atoms with Gasteiger partial charge in [-0.2, -0.15) is 0 Å². The molecule has 16 heavy (non-hydrogen) atoms. The molecule has 0 saturated carbocycles. The van der Waals surface area contributed by atoms with E-state index in [0.29, 0.717) is 11.8 Å². The molecule has 0 saturated heterocycles. The van der Waals surface area contributed by atoms with Crippen molar-refractivity contribution in [1.82, 2.24) is 0 Å². The maximum atomic E-state index is 10.5. The fraction of sp³-hybridized carbons (Fsp3) is 0.364. The van der Waals surface area contributed by atoms with E-state index < -0.39 is 12.2 Å². The van der Waals surface area contributed by atoms with Crippen LogP contribution in [0.2, 0.25) is 0 Å². The number of carbonyl (C=O) groups excluding carboxylic acids is 1. The van der Waals surface area contributed by atoms with Gasteiger partial charge in [0.2, 0.25) is 0 Å². The number of aliphatic hydroxyl groups excluding tert-OH is 2. The number of aromatic hydroxyl groups is 1. The van der Waals surface area contributed by atoms with Crippen LogP contribution in [0.15, 0.2) is 18.2 Å². The van der Waals surface area contributed by atoms with Gasteiger partial charge in [-0.1, -0.05) is 0 Å². The molecule has 1 rings (SSSR count). The number of phenols is 1. The number of hydrogen-bond donors (Lipinski definition) is 4. The van der Waals surface area contributed by atoms with Crippen LogP contribution in [0.4, 0.5) is 0 Å². The van der Waals surface area contributed by atoms with E-state index in [1.54, 1.807) is 0 Å². The first-order chi connectivity index (χ1) is 7.60. The summed E-state index contributed by atoms with van der Waals surface area (Å²) in [5, 5.41) is 28.8. The van der Waals surface area contributed by atoms with Crippen molar-refractivity contribution in [2.75, 3.05) is 6.54 Å². The summed E-state index contributed by atoms with van der Waals surface area (Å²) in [6, 6.07) is 4.07. The van der Waals surface area contributed by atoms with E-state index >= 15 is 0 Å². The number of aldehydes is 1. The number of carbonyl (C=O) groups is 1. The summed E-state index contributed by atoms with van der Waals surface area (Å²) in [4.78, 5) is 10.5. The molecule has 5 N–H and O–H groups in total. The third-order valence-corrected chi connectivity index (χ3v) is 2.33. The van der Waals surface area contributed by atoms with Crippen molar-refractivity contribution in [3.05, 3.63) is 29.3 Å². The first-order valence-electron chi connectivity index (χ1n) is 4.94. The number of rotatable bonds is 5. The molecule has 88 valence electrons.